The topological polar surface area (TPSA) is 94.3 Å². The summed E-state index contributed by atoms with van der Waals surface area (Å²) in [7, 11) is 1.20. The molecule has 0 saturated heterocycles. The van der Waals surface area contributed by atoms with Crippen LogP contribution in [0.15, 0.2) is 48.7 Å². The van der Waals surface area contributed by atoms with Gasteiger partial charge in [-0.3, -0.25) is 9.78 Å². The lowest BCUT2D eigenvalue weighted by Crippen LogP contribution is -2.15. The first-order valence-corrected chi connectivity index (χ1v) is 9.90. The number of hydrogen-bond donors (Lipinski definition) is 1. The molecule has 0 aliphatic heterocycles. The molecule has 0 aliphatic rings. The number of aliphatic hydroxyl groups excluding tert-OH is 1. The van der Waals surface area contributed by atoms with E-state index in [0.717, 1.165) is 10.7 Å². The van der Waals surface area contributed by atoms with Gasteiger partial charge < -0.3 is 9.84 Å². The maximum absolute atomic E-state index is 14.9. The predicted molar refractivity (Wildman–Crippen MR) is 116 cm³/mol. The van der Waals surface area contributed by atoms with Gasteiger partial charge in [-0.2, -0.15) is 9.78 Å². The van der Waals surface area contributed by atoms with Gasteiger partial charge in [-0.15, -0.1) is 0 Å². The first kappa shape index (κ1) is 21.6. The number of carbonyl (C=O) groups is 2. The summed E-state index contributed by atoms with van der Waals surface area (Å²) in [4.78, 5) is 29.4. The lowest BCUT2D eigenvalue weighted by molar-refractivity contribution is 0.0600. The Morgan fingerprint density at radius 1 is 1.22 bits per heavy atom. The van der Waals surface area contributed by atoms with Gasteiger partial charge in [0.05, 0.1) is 35.4 Å². The highest BCUT2D eigenvalue weighted by atomic mass is 35.5. The van der Waals surface area contributed by atoms with Crippen LogP contribution < -0.4 is 0 Å². The van der Waals surface area contributed by atoms with Crippen molar-refractivity contribution in [1.29, 1.82) is 0 Å². The quantitative estimate of drug-likeness (QED) is 0.466. The number of aryl methyl sites for hydroxylation is 1. The van der Waals surface area contributed by atoms with Gasteiger partial charge in [-0.1, -0.05) is 23.7 Å². The SMILES string of the molecule is COC(=O)c1ccc(-c2nn(C(=O)c3c(C)cccc3Cl)c3cc(CO)cnc23)c(F)c1. The van der Waals surface area contributed by atoms with Crippen LogP contribution in [-0.4, -0.2) is 38.9 Å². The van der Waals surface area contributed by atoms with Crippen LogP contribution in [0.2, 0.25) is 5.02 Å². The van der Waals surface area contributed by atoms with Crippen LogP contribution in [-0.2, 0) is 11.3 Å². The third-order valence-electron chi connectivity index (χ3n) is 5.03. The van der Waals surface area contributed by atoms with Crippen molar-refractivity contribution in [3.05, 3.63) is 81.8 Å². The van der Waals surface area contributed by atoms with Gasteiger partial charge >= 0.3 is 5.97 Å². The van der Waals surface area contributed by atoms with Crippen molar-refractivity contribution in [2.45, 2.75) is 13.5 Å². The average Bonchev–Trinajstić information content (AvgIpc) is 3.16. The molecule has 0 unspecified atom stereocenters. The summed E-state index contributed by atoms with van der Waals surface area (Å²) in [6.45, 7) is 1.44. The molecule has 0 radical (unpaired) electrons. The van der Waals surface area contributed by atoms with Crippen molar-refractivity contribution in [3.63, 3.8) is 0 Å². The molecular weight excluding hydrogens is 437 g/mol. The van der Waals surface area contributed by atoms with E-state index in [0.29, 0.717) is 11.1 Å². The zero-order chi connectivity index (χ0) is 23.0. The molecule has 9 heteroatoms. The Morgan fingerprint density at radius 2 is 2.00 bits per heavy atom. The standard InChI is InChI=1S/C23H17ClFN3O4/c1-12-4-3-5-16(24)19(12)22(30)28-18-8-13(11-29)10-26-21(18)20(27-28)15-7-6-14(9-17(15)25)23(31)32-2/h3-10,29H,11H2,1-2H3. The minimum Gasteiger partial charge on any atom is -0.465 e. The molecule has 0 amide bonds. The van der Waals surface area contributed by atoms with E-state index in [-0.39, 0.29) is 45.0 Å². The Labute approximate surface area is 187 Å². The van der Waals surface area contributed by atoms with Crippen LogP contribution in [0.25, 0.3) is 22.3 Å². The van der Waals surface area contributed by atoms with Gasteiger partial charge in [-0.05, 0) is 48.4 Å². The molecular formula is C23H17ClFN3O4. The van der Waals surface area contributed by atoms with Crippen LogP contribution in [0.1, 0.15) is 31.8 Å². The van der Waals surface area contributed by atoms with E-state index < -0.39 is 17.7 Å². The maximum atomic E-state index is 14.9. The minimum absolute atomic E-state index is 0.0378. The normalized spacial score (nSPS) is 11.0. The number of nitrogens with zero attached hydrogens (tertiary/aromatic N) is 3. The fraction of sp³-hybridized carbons (Fsp3) is 0.130. The molecule has 2 aromatic carbocycles. The fourth-order valence-electron chi connectivity index (χ4n) is 3.42. The number of ether oxygens (including phenoxy) is 1. The monoisotopic (exact) mass is 453 g/mol. The van der Waals surface area contributed by atoms with Gasteiger partial charge in [0.25, 0.3) is 5.91 Å². The Bertz CT molecular complexity index is 1360. The van der Waals surface area contributed by atoms with E-state index in [1.165, 1.54) is 25.4 Å². The second-order valence-electron chi connectivity index (χ2n) is 7.05. The van der Waals surface area contributed by atoms with Crippen molar-refractivity contribution in [2.24, 2.45) is 0 Å². The molecule has 162 valence electrons. The van der Waals surface area contributed by atoms with Crippen molar-refractivity contribution < 1.29 is 23.8 Å². The Hall–Kier alpha value is -3.62. The van der Waals surface area contributed by atoms with Gasteiger partial charge in [0, 0.05) is 11.8 Å². The number of hydrogen-bond acceptors (Lipinski definition) is 6. The highest BCUT2D eigenvalue weighted by Crippen LogP contribution is 2.31. The van der Waals surface area contributed by atoms with E-state index in [1.54, 1.807) is 31.2 Å². The summed E-state index contributed by atoms with van der Waals surface area (Å²) in [6.07, 6.45) is 1.42. The minimum atomic E-state index is -0.728. The Kier molecular flexibility index (Phi) is 5.73. The lowest BCUT2D eigenvalue weighted by Gasteiger charge is -2.08. The number of esters is 1. The molecule has 0 spiro atoms. The van der Waals surface area contributed by atoms with Crippen LogP contribution >= 0.6 is 11.6 Å². The van der Waals surface area contributed by atoms with Crippen molar-refractivity contribution in [2.75, 3.05) is 7.11 Å². The summed E-state index contributed by atoms with van der Waals surface area (Å²) < 4.78 is 20.7. The van der Waals surface area contributed by atoms with E-state index in [2.05, 4.69) is 14.8 Å². The highest BCUT2D eigenvalue weighted by molar-refractivity contribution is 6.34. The molecule has 0 aliphatic carbocycles. The fourth-order valence-corrected chi connectivity index (χ4v) is 3.73. The summed E-state index contributed by atoms with van der Waals surface area (Å²) in [5, 5.41) is 14.1. The molecule has 7 nitrogen and oxygen atoms in total. The number of carbonyl (C=O) groups excluding carboxylic acids is 2. The second-order valence-corrected chi connectivity index (χ2v) is 7.46. The average molecular weight is 454 g/mol. The lowest BCUT2D eigenvalue weighted by atomic mass is 10.1. The van der Waals surface area contributed by atoms with E-state index in [1.807, 2.05) is 0 Å². The van der Waals surface area contributed by atoms with Gasteiger partial charge in [0.2, 0.25) is 0 Å². The van der Waals surface area contributed by atoms with Gasteiger partial charge in [0.1, 0.15) is 17.0 Å². The first-order valence-electron chi connectivity index (χ1n) is 9.52. The molecule has 4 rings (SSSR count). The van der Waals surface area contributed by atoms with Crippen LogP contribution in [0.4, 0.5) is 4.39 Å². The summed E-state index contributed by atoms with van der Waals surface area (Å²) in [6, 6.07) is 10.4. The number of methoxy groups -OCH3 is 1. The van der Waals surface area contributed by atoms with Gasteiger partial charge in [0.15, 0.2) is 0 Å². The molecule has 2 aromatic heterocycles. The van der Waals surface area contributed by atoms with E-state index in [4.69, 9.17) is 11.6 Å². The number of aromatic nitrogens is 3. The van der Waals surface area contributed by atoms with Crippen LogP contribution in [0.5, 0.6) is 0 Å². The number of halogens is 2. The zero-order valence-electron chi connectivity index (χ0n) is 17.1. The number of pyridine rings is 1. The van der Waals surface area contributed by atoms with Crippen LogP contribution in [0, 0.1) is 12.7 Å². The third kappa shape index (κ3) is 3.63. The largest absolute Gasteiger partial charge is 0.465 e. The Balaban J connectivity index is 1.95. The van der Waals surface area contributed by atoms with Crippen LogP contribution in [0.3, 0.4) is 0 Å². The molecule has 0 bridgehead atoms. The summed E-state index contributed by atoms with van der Waals surface area (Å²) in [5.74, 6) is -1.93. The van der Waals surface area contributed by atoms with E-state index in [9.17, 15) is 19.1 Å². The molecule has 0 atom stereocenters. The Morgan fingerprint density at radius 3 is 2.66 bits per heavy atom. The van der Waals surface area contributed by atoms with Crippen molar-refractivity contribution >= 4 is 34.5 Å². The third-order valence-corrected chi connectivity index (χ3v) is 5.35. The number of fused-ring (bicyclic) bond motifs is 1. The van der Waals surface area contributed by atoms with Crippen molar-refractivity contribution in [3.8, 4) is 11.3 Å². The van der Waals surface area contributed by atoms with Gasteiger partial charge in [-0.25, -0.2) is 9.18 Å². The molecule has 0 saturated carbocycles. The highest BCUT2D eigenvalue weighted by Gasteiger charge is 2.24. The number of aliphatic hydroxyl groups is 1. The maximum Gasteiger partial charge on any atom is 0.337 e. The summed E-state index contributed by atoms with van der Waals surface area (Å²) >= 11 is 6.27. The number of rotatable bonds is 4. The second kappa shape index (κ2) is 8.49. The first-order chi connectivity index (χ1) is 15.3. The summed E-state index contributed by atoms with van der Waals surface area (Å²) in [5.41, 5.74) is 2.09. The smallest absolute Gasteiger partial charge is 0.337 e. The molecule has 4 aromatic rings. The zero-order valence-corrected chi connectivity index (χ0v) is 17.9. The molecule has 1 N–H and O–H groups in total. The number of benzene rings is 2. The molecule has 2 heterocycles. The predicted octanol–water partition coefficient (Wildman–Crippen LogP) is 4.17. The van der Waals surface area contributed by atoms with Crippen molar-refractivity contribution in [1.82, 2.24) is 14.8 Å². The van der Waals surface area contributed by atoms with E-state index >= 15 is 0 Å². The molecule has 0 fully saturated rings. The molecule has 32 heavy (non-hydrogen) atoms.